The monoisotopic (exact) mass is 504 g/mol. The van der Waals surface area contributed by atoms with Crippen molar-refractivity contribution in [3.63, 3.8) is 0 Å². The topological polar surface area (TPSA) is 77.1 Å². The SMILES string of the molecule is CN(C)C(=O)[C@H](Cc1ccc(OCc2ccccc2)c(OCc2ccccc2)c1)NC(=O)OC(C)(C)C. The van der Waals surface area contributed by atoms with Gasteiger partial charge in [-0.1, -0.05) is 66.7 Å². The summed E-state index contributed by atoms with van der Waals surface area (Å²) in [5.74, 6) is 0.923. The van der Waals surface area contributed by atoms with E-state index in [4.69, 9.17) is 14.2 Å². The van der Waals surface area contributed by atoms with Crippen LogP contribution in [0.5, 0.6) is 11.5 Å². The van der Waals surface area contributed by atoms with Gasteiger partial charge in [-0.15, -0.1) is 0 Å². The van der Waals surface area contributed by atoms with Gasteiger partial charge in [0.25, 0.3) is 0 Å². The number of nitrogens with zero attached hydrogens (tertiary/aromatic N) is 1. The zero-order valence-corrected chi connectivity index (χ0v) is 22.2. The van der Waals surface area contributed by atoms with Crippen LogP contribution >= 0.6 is 0 Å². The summed E-state index contributed by atoms with van der Waals surface area (Å²) >= 11 is 0. The predicted octanol–water partition coefficient (Wildman–Crippen LogP) is 5.37. The van der Waals surface area contributed by atoms with Crippen molar-refractivity contribution in [3.05, 3.63) is 95.6 Å². The first kappa shape index (κ1) is 27.6. The quantitative estimate of drug-likeness (QED) is 0.402. The number of alkyl carbamates (subject to hydrolysis) is 1. The fraction of sp³-hybridized carbons (Fsp3) is 0.333. The number of hydrogen-bond acceptors (Lipinski definition) is 5. The molecule has 3 aromatic rings. The molecule has 2 amide bonds. The first-order chi connectivity index (χ1) is 17.6. The minimum absolute atomic E-state index is 0.234. The van der Waals surface area contributed by atoms with Crippen molar-refractivity contribution in [1.82, 2.24) is 10.2 Å². The van der Waals surface area contributed by atoms with Crippen molar-refractivity contribution in [2.75, 3.05) is 14.1 Å². The fourth-order valence-corrected chi connectivity index (χ4v) is 3.58. The largest absolute Gasteiger partial charge is 0.485 e. The second-order valence-electron chi connectivity index (χ2n) is 9.97. The average Bonchev–Trinajstić information content (AvgIpc) is 2.86. The Balaban J connectivity index is 1.82. The third-order valence-corrected chi connectivity index (χ3v) is 5.35. The molecule has 0 aliphatic carbocycles. The van der Waals surface area contributed by atoms with Crippen molar-refractivity contribution in [2.24, 2.45) is 0 Å². The lowest BCUT2D eigenvalue weighted by Gasteiger charge is -2.25. The lowest BCUT2D eigenvalue weighted by atomic mass is 10.0. The van der Waals surface area contributed by atoms with Gasteiger partial charge in [-0.05, 0) is 49.6 Å². The summed E-state index contributed by atoms with van der Waals surface area (Å²) in [5.41, 5.74) is 2.20. The van der Waals surface area contributed by atoms with E-state index in [9.17, 15) is 9.59 Å². The highest BCUT2D eigenvalue weighted by Crippen LogP contribution is 2.31. The highest BCUT2D eigenvalue weighted by Gasteiger charge is 2.26. The molecule has 0 spiro atoms. The van der Waals surface area contributed by atoms with Gasteiger partial charge in [-0.3, -0.25) is 4.79 Å². The maximum atomic E-state index is 12.9. The summed E-state index contributed by atoms with van der Waals surface area (Å²) in [5, 5.41) is 2.72. The third-order valence-electron chi connectivity index (χ3n) is 5.35. The van der Waals surface area contributed by atoms with E-state index in [1.165, 1.54) is 4.90 Å². The Hall–Kier alpha value is -4.00. The van der Waals surface area contributed by atoms with Crippen molar-refractivity contribution in [2.45, 2.75) is 52.0 Å². The number of likely N-dealkylation sites (N-methyl/N-ethyl adjacent to an activating group) is 1. The molecule has 0 saturated heterocycles. The summed E-state index contributed by atoms with van der Waals surface area (Å²) in [6, 6.07) is 24.5. The average molecular weight is 505 g/mol. The van der Waals surface area contributed by atoms with Crippen molar-refractivity contribution < 1.29 is 23.8 Å². The Morgan fingerprint density at radius 2 is 1.32 bits per heavy atom. The van der Waals surface area contributed by atoms with Gasteiger partial charge in [0.2, 0.25) is 5.91 Å². The molecule has 7 nitrogen and oxygen atoms in total. The fourth-order valence-electron chi connectivity index (χ4n) is 3.58. The molecule has 0 unspecified atom stereocenters. The number of benzene rings is 3. The van der Waals surface area contributed by atoms with Crippen LogP contribution < -0.4 is 14.8 Å². The van der Waals surface area contributed by atoms with E-state index in [1.807, 2.05) is 78.9 Å². The lowest BCUT2D eigenvalue weighted by Crippen LogP contribution is -2.48. The van der Waals surface area contributed by atoms with Crippen LogP contribution in [0.4, 0.5) is 4.79 Å². The van der Waals surface area contributed by atoms with Gasteiger partial charge in [-0.25, -0.2) is 4.79 Å². The third kappa shape index (κ3) is 9.18. The van der Waals surface area contributed by atoms with Gasteiger partial charge in [0.15, 0.2) is 11.5 Å². The van der Waals surface area contributed by atoms with Crippen LogP contribution in [0.1, 0.15) is 37.5 Å². The normalized spacial score (nSPS) is 11.8. The van der Waals surface area contributed by atoms with E-state index in [0.29, 0.717) is 24.7 Å². The standard InChI is InChI=1S/C30H36N2O5/c1-30(2,3)37-29(34)31-25(28(33)32(4)5)18-24-16-17-26(35-20-22-12-8-6-9-13-22)27(19-24)36-21-23-14-10-7-11-15-23/h6-17,19,25H,18,20-21H2,1-5H3,(H,31,34)/t25-/m0/s1. The maximum Gasteiger partial charge on any atom is 0.408 e. The molecule has 196 valence electrons. The highest BCUT2D eigenvalue weighted by atomic mass is 16.6. The second-order valence-corrected chi connectivity index (χ2v) is 9.97. The van der Waals surface area contributed by atoms with E-state index in [0.717, 1.165) is 16.7 Å². The minimum Gasteiger partial charge on any atom is -0.485 e. The second kappa shape index (κ2) is 12.8. The van der Waals surface area contributed by atoms with Crippen LogP contribution in [-0.4, -0.2) is 42.6 Å². The highest BCUT2D eigenvalue weighted by molar-refractivity contribution is 5.85. The number of hydrogen-bond donors (Lipinski definition) is 1. The Labute approximate surface area is 219 Å². The molecule has 3 aromatic carbocycles. The van der Waals surface area contributed by atoms with Crippen LogP contribution in [0, 0.1) is 0 Å². The molecule has 1 N–H and O–H groups in total. The first-order valence-corrected chi connectivity index (χ1v) is 12.3. The Kier molecular flexibility index (Phi) is 9.55. The smallest absolute Gasteiger partial charge is 0.408 e. The molecule has 37 heavy (non-hydrogen) atoms. The van der Waals surface area contributed by atoms with Crippen LogP contribution in [0.15, 0.2) is 78.9 Å². The van der Waals surface area contributed by atoms with Gasteiger partial charge in [0.1, 0.15) is 24.9 Å². The predicted molar refractivity (Wildman–Crippen MR) is 144 cm³/mol. The zero-order valence-electron chi connectivity index (χ0n) is 22.2. The molecule has 0 aliphatic rings. The Morgan fingerprint density at radius 1 is 0.784 bits per heavy atom. The van der Waals surface area contributed by atoms with E-state index in [1.54, 1.807) is 34.9 Å². The number of rotatable bonds is 10. The number of carbonyl (C=O) groups excluding carboxylic acids is 2. The van der Waals surface area contributed by atoms with Crippen molar-refractivity contribution in [1.29, 1.82) is 0 Å². The Bertz CT molecular complexity index is 1160. The summed E-state index contributed by atoms with van der Waals surface area (Å²) in [6.07, 6.45) is -0.382. The molecule has 0 bridgehead atoms. The molecule has 7 heteroatoms. The number of carbonyl (C=O) groups is 2. The number of nitrogens with one attached hydrogen (secondary N) is 1. The van der Waals surface area contributed by atoms with E-state index < -0.39 is 17.7 Å². The zero-order chi connectivity index (χ0) is 26.8. The molecule has 3 rings (SSSR count). The molecule has 0 aromatic heterocycles. The first-order valence-electron chi connectivity index (χ1n) is 12.3. The summed E-state index contributed by atoms with van der Waals surface area (Å²) in [7, 11) is 3.31. The van der Waals surface area contributed by atoms with Crippen LogP contribution in [0.2, 0.25) is 0 Å². The van der Waals surface area contributed by atoms with Gasteiger partial charge in [0.05, 0.1) is 0 Å². The molecule has 1 atom stereocenters. The van der Waals surface area contributed by atoms with E-state index in [2.05, 4.69) is 5.32 Å². The molecule has 0 saturated carbocycles. The molecule has 0 aliphatic heterocycles. The summed E-state index contributed by atoms with van der Waals surface area (Å²) < 4.78 is 17.6. The maximum absolute atomic E-state index is 12.9. The van der Waals surface area contributed by atoms with Crippen LogP contribution in [-0.2, 0) is 29.2 Å². The van der Waals surface area contributed by atoms with E-state index in [-0.39, 0.29) is 12.3 Å². The molecular formula is C30H36N2O5. The molecule has 0 fully saturated rings. The molecule has 0 heterocycles. The number of ether oxygens (including phenoxy) is 3. The minimum atomic E-state index is -0.803. The molecule has 0 radical (unpaired) electrons. The number of amides is 2. The van der Waals surface area contributed by atoms with Crippen molar-refractivity contribution >= 4 is 12.0 Å². The van der Waals surface area contributed by atoms with Crippen molar-refractivity contribution in [3.8, 4) is 11.5 Å². The molecular weight excluding hydrogens is 468 g/mol. The summed E-state index contributed by atoms with van der Waals surface area (Å²) in [4.78, 5) is 26.8. The lowest BCUT2D eigenvalue weighted by molar-refractivity contribution is -0.130. The van der Waals surface area contributed by atoms with Gasteiger partial charge >= 0.3 is 6.09 Å². The van der Waals surface area contributed by atoms with E-state index >= 15 is 0 Å². The van der Waals surface area contributed by atoms with Crippen LogP contribution in [0.3, 0.4) is 0 Å². The van der Waals surface area contributed by atoms with Gasteiger partial charge in [0, 0.05) is 20.5 Å². The van der Waals surface area contributed by atoms with Gasteiger partial charge in [-0.2, -0.15) is 0 Å². The Morgan fingerprint density at radius 3 is 1.84 bits per heavy atom. The van der Waals surface area contributed by atoms with Gasteiger partial charge < -0.3 is 24.4 Å². The van der Waals surface area contributed by atoms with Crippen LogP contribution in [0.25, 0.3) is 0 Å². The summed E-state index contributed by atoms with van der Waals surface area (Å²) in [6.45, 7) is 6.09.